The number of rotatable bonds is 4. The van der Waals surface area contributed by atoms with E-state index in [1.807, 2.05) is 34.5 Å². The standard InChI is InChI=1S/C18H17N3O2S/c1-23-11-18(13-5-3-2-4-6-13)9-21(10-18)17(22)15-16-14(7-8-24-16)19-12-20-15/h2-8,12H,9-11H2,1H3. The number of carbonyl (C=O) groups is 1. The van der Waals surface area contributed by atoms with Crippen molar-refractivity contribution in [3.05, 3.63) is 59.4 Å². The quantitative estimate of drug-likeness (QED) is 0.733. The van der Waals surface area contributed by atoms with Gasteiger partial charge in [-0.25, -0.2) is 9.97 Å². The summed E-state index contributed by atoms with van der Waals surface area (Å²) < 4.78 is 6.29. The average Bonchev–Trinajstić information content (AvgIpc) is 3.06. The van der Waals surface area contributed by atoms with Gasteiger partial charge < -0.3 is 9.64 Å². The van der Waals surface area contributed by atoms with Crippen molar-refractivity contribution < 1.29 is 9.53 Å². The molecule has 5 nitrogen and oxygen atoms in total. The first-order chi connectivity index (χ1) is 11.7. The Morgan fingerprint density at radius 2 is 2.04 bits per heavy atom. The van der Waals surface area contributed by atoms with Crippen molar-refractivity contribution >= 4 is 27.5 Å². The minimum absolute atomic E-state index is 0.0347. The smallest absolute Gasteiger partial charge is 0.274 e. The van der Waals surface area contributed by atoms with Crippen LogP contribution in [0.5, 0.6) is 0 Å². The third-order valence-corrected chi connectivity index (χ3v) is 5.44. The first-order valence-corrected chi connectivity index (χ1v) is 8.63. The van der Waals surface area contributed by atoms with Crippen molar-refractivity contribution in [3.8, 4) is 0 Å². The molecule has 2 aromatic heterocycles. The van der Waals surface area contributed by atoms with Crippen molar-refractivity contribution in [2.75, 3.05) is 26.8 Å². The summed E-state index contributed by atoms with van der Waals surface area (Å²) in [6.07, 6.45) is 1.46. The summed E-state index contributed by atoms with van der Waals surface area (Å²) in [4.78, 5) is 23.1. The van der Waals surface area contributed by atoms with E-state index in [9.17, 15) is 4.79 Å². The number of methoxy groups -OCH3 is 1. The molecule has 1 aliphatic heterocycles. The number of thiophene rings is 1. The highest BCUT2D eigenvalue weighted by Crippen LogP contribution is 2.36. The van der Waals surface area contributed by atoms with E-state index < -0.39 is 0 Å². The summed E-state index contributed by atoms with van der Waals surface area (Å²) in [5.74, 6) is -0.0347. The first kappa shape index (κ1) is 15.2. The van der Waals surface area contributed by atoms with Crippen molar-refractivity contribution in [1.82, 2.24) is 14.9 Å². The Morgan fingerprint density at radius 1 is 1.25 bits per heavy atom. The van der Waals surface area contributed by atoms with E-state index in [1.54, 1.807) is 7.11 Å². The van der Waals surface area contributed by atoms with Crippen LogP contribution in [-0.2, 0) is 10.2 Å². The lowest BCUT2D eigenvalue weighted by atomic mass is 9.74. The molecule has 0 atom stereocenters. The summed E-state index contributed by atoms with van der Waals surface area (Å²) >= 11 is 1.50. The molecule has 0 unspecified atom stereocenters. The number of likely N-dealkylation sites (tertiary alicyclic amines) is 1. The van der Waals surface area contributed by atoms with E-state index in [1.165, 1.54) is 23.2 Å². The topological polar surface area (TPSA) is 55.3 Å². The molecule has 0 N–H and O–H groups in total. The average molecular weight is 339 g/mol. The van der Waals surface area contributed by atoms with Gasteiger partial charge in [-0.1, -0.05) is 30.3 Å². The van der Waals surface area contributed by atoms with E-state index in [2.05, 4.69) is 22.1 Å². The molecule has 122 valence electrons. The molecule has 0 spiro atoms. The number of benzene rings is 1. The minimum Gasteiger partial charge on any atom is -0.384 e. The van der Waals surface area contributed by atoms with E-state index in [-0.39, 0.29) is 11.3 Å². The molecule has 1 amide bonds. The third-order valence-electron chi connectivity index (χ3n) is 4.53. The number of amides is 1. The van der Waals surface area contributed by atoms with E-state index >= 15 is 0 Å². The first-order valence-electron chi connectivity index (χ1n) is 7.75. The Balaban J connectivity index is 1.59. The highest BCUT2D eigenvalue weighted by Gasteiger charge is 2.47. The molecule has 0 radical (unpaired) electrons. The van der Waals surface area contributed by atoms with Crippen LogP contribution < -0.4 is 0 Å². The summed E-state index contributed by atoms with van der Waals surface area (Å²) in [5.41, 5.74) is 2.40. The lowest BCUT2D eigenvalue weighted by molar-refractivity contribution is 0.00626. The molecule has 1 aliphatic rings. The summed E-state index contributed by atoms with van der Waals surface area (Å²) in [6.45, 7) is 1.88. The summed E-state index contributed by atoms with van der Waals surface area (Å²) in [5, 5.41) is 1.94. The van der Waals surface area contributed by atoms with Gasteiger partial charge in [0.15, 0.2) is 0 Å². The van der Waals surface area contributed by atoms with Crippen molar-refractivity contribution in [3.63, 3.8) is 0 Å². The van der Waals surface area contributed by atoms with Gasteiger partial charge >= 0.3 is 0 Å². The Labute approximate surface area is 143 Å². The molecule has 1 fully saturated rings. The maximum absolute atomic E-state index is 12.9. The molecule has 24 heavy (non-hydrogen) atoms. The molecule has 0 saturated carbocycles. The molecule has 4 rings (SSSR count). The third kappa shape index (κ3) is 2.39. The Hall–Kier alpha value is -2.31. The zero-order chi connectivity index (χ0) is 16.6. The number of hydrogen-bond acceptors (Lipinski definition) is 5. The minimum atomic E-state index is -0.132. The molecular formula is C18H17N3O2S. The predicted molar refractivity (Wildman–Crippen MR) is 93.3 cm³/mol. The summed E-state index contributed by atoms with van der Waals surface area (Å²) in [7, 11) is 1.70. The molecule has 1 aromatic carbocycles. The van der Waals surface area contributed by atoms with Crippen molar-refractivity contribution in [2.45, 2.75) is 5.41 Å². The van der Waals surface area contributed by atoms with Crippen LogP contribution in [0.2, 0.25) is 0 Å². The maximum atomic E-state index is 12.9. The van der Waals surface area contributed by atoms with Gasteiger partial charge in [0.25, 0.3) is 5.91 Å². The number of nitrogens with zero attached hydrogens (tertiary/aromatic N) is 3. The van der Waals surface area contributed by atoms with Crippen LogP contribution in [-0.4, -0.2) is 47.6 Å². The molecule has 1 saturated heterocycles. The van der Waals surface area contributed by atoms with Crippen LogP contribution in [0.1, 0.15) is 16.1 Å². The molecular weight excluding hydrogens is 322 g/mol. The van der Waals surface area contributed by atoms with Gasteiger partial charge in [-0.3, -0.25) is 4.79 Å². The fraction of sp³-hybridized carbons (Fsp3) is 0.278. The van der Waals surface area contributed by atoms with Gasteiger partial charge in [0.05, 0.1) is 22.2 Å². The number of aromatic nitrogens is 2. The van der Waals surface area contributed by atoms with E-state index in [4.69, 9.17) is 4.74 Å². The normalized spacial score (nSPS) is 16.1. The fourth-order valence-electron chi connectivity index (χ4n) is 3.34. The van der Waals surface area contributed by atoms with E-state index in [0.29, 0.717) is 25.4 Å². The number of ether oxygens (including phenoxy) is 1. The number of carbonyl (C=O) groups excluding carboxylic acids is 1. The number of fused-ring (bicyclic) bond motifs is 1. The molecule has 6 heteroatoms. The van der Waals surface area contributed by atoms with E-state index in [0.717, 1.165) is 10.2 Å². The fourth-order valence-corrected chi connectivity index (χ4v) is 4.17. The molecule has 3 heterocycles. The van der Waals surface area contributed by atoms with Gasteiger partial charge in [0, 0.05) is 20.2 Å². The second kappa shape index (κ2) is 5.96. The van der Waals surface area contributed by atoms with Crippen LogP contribution in [0.15, 0.2) is 48.1 Å². The lowest BCUT2D eigenvalue weighted by Crippen LogP contribution is -2.63. The van der Waals surface area contributed by atoms with Crippen LogP contribution in [0.4, 0.5) is 0 Å². The largest absolute Gasteiger partial charge is 0.384 e. The van der Waals surface area contributed by atoms with Gasteiger partial charge in [-0.05, 0) is 17.0 Å². The van der Waals surface area contributed by atoms with Crippen LogP contribution in [0.3, 0.4) is 0 Å². The molecule has 0 aliphatic carbocycles. The van der Waals surface area contributed by atoms with Gasteiger partial charge in [-0.2, -0.15) is 0 Å². The Bertz CT molecular complexity index is 872. The summed E-state index contributed by atoms with van der Waals surface area (Å²) in [6, 6.07) is 12.2. The second-order valence-corrected chi connectivity index (χ2v) is 7.01. The lowest BCUT2D eigenvalue weighted by Gasteiger charge is -2.50. The van der Waals surface area contributed by atoms with Crippen LogP contribution >= 0.6 is 11.3 Å². The van der Waals surface area contributed by atoms with Crippen molar-refractivity contribution in [2.24, 2.45) is 0 Å². The maximum Gasteiger partial charge on any atom is 0.274 e. The second-order valence-electron chi connectivity index (χ2n) is 6.10. The molecule has 0 bridgehead atoms. The SMILES string of the molecule is COCC1(c2ccccc2)CN(C(=O)c2ncnc3ccsc23)C1. The monoisotopic (exact) mass is 339 g/mol. The van der Waals surface area contributed by atoms with Gasteiger partial charge in [0.1, 0.15) is 12.0 Å². The predicted octanol–water partition coefficient (Wildman–Crippen LogP) is 2.73. The van der Waals surface area contributed by atoms with Crippen LogP contribution in [0.25, 0.3) is 10.2 Å². The Kier molecular flexibility index (Phi) is 3.78. The van der Waals surface area contributed by atoms with Crippen molar-refractivity contribution in [1.29, 1.82) is 0 Å². The number of hydrogen-bond donors (Lipinski definition) is 0. The highest BCUT2D eigenvalue weighted by molar-refractivity contribution is 7.17. The zero-order valence-corrected chi connectivity index (χ0v) is 14.1. The zero-order valence-electron chi connectivity index (χ0n) is 13.3. The Morgan fingerprint density at radius 3 is 2.79 bits per heavy atom. The molecule has 3 aromatic rings. The highest BCUT2D eigenvalue weighted by atomic mass is 32.1. The van der Waals surface area contributed by atoms with Crippen LogP contribution in [0, 0.1) is 0 Å². The van der Waals surface area contributed by atoms with Gasteiger partial charge in [-0.15, -0.1) is 11.3 Å². The van der Waals surface area contributed by atoms with Gasteiger partial charge in [0.2, 0.25) is 0 Å².